The van der Waals surface area contributed by atoms with Gasteiger partial charge in [-0.15, -0.1) is 11.8 Å². The maximum absolute atomic E-state index is 6.34. The SMILES string of the molecule is Cc1nccn1CC(COc1ccc(Cl)c(Cl)c1)Sc1c(Cl)cccc1Cl. The lowest BCUT2D eigenvalue weighted by Gasteiger charge is -2.20. The number of aromatic nitrogens is 2. The van der Waals surface area contributed by atoms with E-state index < -0.39 is 0 Å². The molecule has 0 saturated carbocycles. The smallest absolute Gasteiger partial charge is 0.120 e. The van der Waals surface area contributed by atoms with Gasteiger partial charge in [-0.25, -0.2) is 4.98 Å². The second-order valence-electron chi connectivity index (χ2n) is 5.80. The Balaban J connectivity index is 1.78. The van der Waals surface area contributed by atoms with Crippen LogP contribution >= 0.6 is 58.2 Å². The molecule has 0 radical (unpaired) electrons. The molecule has 27 heavy (non-hydrogen) atoms. The monoisotopic (exact) mass is 460 g/mol. The van der Waals surface area contributed by atoms with Gasteiger partial charge in [0.15, 0.2) is 0 Å². The van der Waals surface area contributed by atoms with Crippen molar-refractivity contribution in [3.63, 3.8) is 0 Å². The molecule has 1 aromatic heterocycles. The molecular weight excluding hydrogens is 446 g/mol. The van der Waals surface area contributed by atoms with Gasteiger partial charge < -0.3 is 9.30 Å². The van der Waals surface area contributed by atoms with Gasteiger partial charge in [-0.3, -0.25) is 0 Å². The predicted molar refractivity (Wildman–Crippen MR) is 115 cm³/mol. The van der Waals surface area contributed by atoms with Crippen LogP contribution in [0.1, 0.15) is 5.82 Å². The van der Waals surface area contributed by atoms with Gasteiger partial charge in [0.25, 0.3) is 0 Å². The van der Waals surface area contributed by atoms with Gasteiger partial charge in [-0.2, -0.15) is 0 Å². The number of rotatable bonds is 7. The molecule has 0 aliphatic carbocycles. The predicted octanol–water partition coefficient (Wildman–Crippen LogP) is 7.05. The molecule has 0 saturated heterocycles. The number of ether oxygens (including phenoxy) is 1. The standard InChI is InChI=1S/C19H16Cl4N2OS/c1-12-24-7-8-25(12)10-14(27-19-16(21)3-2-4-17(19)22)11-26-13-5-6-15(20)18(23)9-13/h2-9,14H,10-11H2,1H3. The summed E-state index contributed by atoms with van der Waals surface area (Å²) in [4.78, 5) is 5.11. The topological polar surface area (TPSA) is 27.1 Å². The van der Waals surface area contributed by atoms with Crippen LogP contribution in [0.4, 0.5) is 0 Å². The number of benzene rings is 2. The summed E-state index contributed by atoms with van der Waals surface area (Å²) in [5.74, 6) is 1.59. The molecule has 3 nitrogen and oxygen atoms in total. The van der Waals surface area contributed by atoms with Crippen LogP contribution < -0.4 is 4.74 Å². The molecule has 0 amide bonds. The van der Waals surface area contributed by atoms with E-state index in [1.807, 2.05) is 31.3 Å². The van der Waals surface area contributed by atoms with Crippen molar-refractivity contribution in [3.8, 4) is 5.75 Å². The van der Waals surface area contributed by atoms with Crippen molar-refractivity contribution in [1.29, 1.82) is 0 Å². The van der Waals surface area contributed by atoms with Gasteiger partial charge in [-0.05, 0) is 31.2 Å². The molecule has 3 rings (SSSR count). The zero-order valence-electron chi connectivity index (χ0n) is 14.3. The van der Waals surface area contributed by atoms with Gasteiger partial charge in [-0.1, -0.05) is 52.5 Å². The molecule has 3 aromatic rings. The molecule has 1 atom stereocenters. The van der Waals surface area contributed by atoms with Crippen molar-refractivity contribution >= 4 is 58.2 Å². The number of halogens is 4. The average Bonchev–Trinajstić information content (AvgIpc) is 3.03. The highest BCUT2D eigenvalue weighted by Gasteiger charge is 2.18. The minimum Gasteiger partial charge on any atom is -0.492 e. The molecule has 0 spiro atoms. The van der Waals surface area contributed by atoms with Crippen LogP contribution in [0, 0.1) is 6.92 Å². The van der Waals surface area contributed by atoms with Crippen molar-refractivity contribution in [2.75, 3.05) is 6.61 Å². The first-order chi connectivity index (χ1) is 12.9. The van der Waals surface area contributed by atoms with Gasteiger partial charge in [0.2, 0.25) is 0 Å². The summed E-state index contributed by atoms with van der Waals surface area (Å²) >= 11 is 26.3. The Morgan fingerprint density at radius 3 is 2.41 bits per heavy atom. The summed E-state index contributed by atoms with van der Waals surface area (Å²) in [6.45, 7) is 3.09. The number of hydrogen-bond acceptors (Lipinski definition) is 3. The lowest BCUT2D eigenvalue weighted by molar-refractivity contribution is 0.307. The first-order valence-corrected chi connectivity index (χ1v) is 10.5. The molecule has 1 heterocycles. The third kappa shape index (κ3) is 5.49. The minimum absolute atomic E-state index is 0.0461. The van der Waals surface area contributed by atoms with E-state index in [4.69, 9.17) is 51.1 Å². The van der Waals surface area contributed by atoms with E-state index in [0.717, 1.165) is 10.7 Å². The van der Waals surface area contributed by atoms with Crippen molar-refractivity contribution in [1.82, 2.24) is 9.55 Å². The van der Waals surface area contributed by atoms with E-state index in [2.05, 4.69) is 9.55 Å². The highest BCUT2D eigenvalue weighted by molar-refractivity contribution is 8.00. The van der Waals surface area contributed by atoms with Crippen LogP contribution in [0.15, 0.2) is 53.7 Å². The van der Waals surface area contributed by atoms with Crippen LogP contribution in [0.25, 0.3) is 0 Å². The normalized spacial score (nSPS) is 12.2. The van der Waals surface area contributed by atoms with Crippen molar-refractivity contribution in [3.05, 3.63) is 74.7 Å². The summed E-state index contributed by atoms with van der Waals surface area (Å²) in [5.41, 5.74) is 0. The Hall–Kier alpha value is -1.04. The number of hydrogen-bond donors (Lipinski definition) is 0. The molecule has 8 heteroatoms. The molecule has 0 aliphatic rings. The average molecular weight is 462 g/mol. The quantitative estimate of drug-likeness (QED) is 0.353. The Labute approximate surface area is 182 Å². The molecule has 1 unspecified atom stereocenters. The third-order valence-electron chi connectivity index (χ3n) is 3.85. The summed E-state index contributed by atoms with van der Waals surface area (Å²) < 4.78 is 8.03. The fraction of sp³-hybridized carbons (Fsp3) is 0.211. The molecular formula is C19H16Cl4N2OS. The van der Waals surface area contributed by atoms with E-state index in [0.29, 0.717) is 39.0 Å². The van der Waals surface area contributed by atoms with E-state index in [-0.39, 0.29) is 5.25 Å². The van der Waals surface area contributed by atoms with E-state index in [1.165, 1.54) is 0 Å². The van der Waals surface area contributed by atoms with Crippen molar-refractivity contribution < 1.29 is 4.74 Å². The van der Waals surface area contributed by atoms with Gasteiger partial charge >= 0.3 is 0 Å². The lowest BCUT2D eigenvalue weighted by atomic mass is 10.3. The van der Waals surface area contributed by atoms with Gasteiger partial charge in [0.05, 0.1) is 25.3 Å². The number of imidazole rings is 1. The lowest BCUT2D eigenvalue weighted by Crippen LogP contribution is -2.21. The maximum atomic E-state index is 6.34. The molecule has 142 valence electrons. The fourth-order valence-electron chi connectivity index (χ4n) is 2.46. The molecule has 0 bridgehead atoms. The summed E-state index contributed by atoms with van der Waals surface area (Å²) in [5, 5.41) is 2.23. The first-order valence-electron chi connectivity index (χ1n) is 8.10. The first kappa shape index (κ1) is 20.7. The Bertz CT molecular complexity index is 912. The Kier molecular flexibility index (Phi) is 7.23. The highest BCUT2D eigenvalue weighted by Crippen LogP contribution is 2.37. The van der Waals surface area contributed by atoms with Crippen LogP contribution in [-0.4, -0.2) is 21.4 Å². The summed E-state index contributed by atoms with van der Waals surface area (Å²) in [7, 11) is 0. The maximum Gasteiger partial charge on any atom is 0.120 e. The highest BCUT2D eigenvalue weighted by atomic mass is 35.5. The molecule has 0 aliphatic heterocycles. The van der Waals surface area contributed by atoms with E-state index in [9.17, 15) is 0 Å². The third-order valence-corrected chi connectivity index (χ3v) is 6.74. The minimum atomic E-state index is 0.0461. The summed E-state index contributed by atoms with van der Waals surface area (Å²) in [6, 6.07) is 10.7. The van der Waals surface area contributed by atoms with Gasteiger partial charge in [0, 0.05) is 29.9 Å². The zero-order valence-corrected chi connectivity index (χ0v) is 18.2. The van der Waals surface area contributed by atoms with Gasteiger partial charge in [0.1, 0.15) is 18.2 Å². The Morgan fingerprint density at radius 2 is 1.78 bits per heavy atom. The Morgan fingerprint density at radius 1 is 1.04 bits per heavy atom. The largest absolute Gasteiger partial charge is 0.492 e. The van der Waals surface area contributed by atoms with E-state index in [1.54, 1.807) is 36.2 Å². The number of aryl methyl sites for hydroxylation is 1. The van der Waals surface area contributed by atoms with Crippen molar-refractivity contribution in [2.45, 2.75) is 23.6 Å². The molecule has 0 fully saturated rings. The van der Waals surface area contributed by atoms with Crippen LogP contribution in [0.3, 0.4) is 0 Å². The number of thioether (sulfide) groups is 1. The number of nitrogens with zero attached hydrogens (tertiary/aromatic N) is 2. The second-order valence-corrected chi connectivity index (χ2v) is 8.74. The summed E-state index contributed by atoms with van der Waals surface area (Å²) in [6.07, 6.45) is 3.72. The van der Waals surface area contributed by atoms with Crippen molar-refractivity contribution in [2.24, 2.45) is 0 Å². The van der Waals surface area contributed by atoms with Crippen LogP contribution in [0.2, 0.25) is 20.1 Å². The second kappa shape index (κ2) is 9.44. The van der Waals surface area contributed by atoms with Crippen LogP contribution in [0.5, 0.6) is 5.75 Å². The fourth-order valence-corrected chi connectivity index (χ4v) is 4.48. The molecule has 2 aromatic carbocycles. The van der Waals surface area contributed by atoms with E-state index >= 15 is 0 Å². The van der Waals surface area contributed by atoms with Crippen LogP contribution in [-0.2, 0) is 6.54 Å². The molecule has 0 N–H and O–H groups in total. The zero-order chi connectivity index (χ0) is 19.4.